The molecular weight excluding hydrogens is 194 g/mol. The Labute approximate surface area is 80.7 Å². The van der Waals surface area contributed by atoms with Crippen molar-refractivity contribution in [2.75, 3.05) is 18.0 Å². The second-order valence-corrected chi connectivity index (χ2v) is 4.10. The molecule has 0 aromatic carbocycles. The van der Waals surface area contributed by atoms with Gasteiger partial charge in [-0.15, -0.1) is 0 Å². The average molecular weight is 204 g/mol. The number of hydrogen-bond acceptors (Lipinski definition) is 4. The maximum atomic E-state index is 5.86. The average Bonchev–Trinajstić information content (AvgIpc) is 2.58. The Balaban J connectivity index is 2.16. The van der Waals surface area contributed by atoms with Gasteiger partial charge in [-0.2, -0.15) is 8.75 Å². The Morgan fingerprint density at radius 2 is 2.42 bits per heavy atom. The highest BCUT2D eigenvalue weighted by Crippen LogP contribution is 2.27. The first-order chi connectivity index (χ1) is 5.77. The summed E-state index contributed by atoms with van der Waals surface area (Å²) in [6, 6.07) is 0. The van der Waals surface area contributed by atoms with Gasteiger partial charge in [-0.3, -0.25) is 0 Å². The molecule has 1 aromatic heterocycles. The van der Waals surface area contributed by atoms with E-state index < -0.39 is 0 Å². The number of halogens is 1. The molecule has 1 saturated heterocycles. The Hall–Kier alpha value is -0.350. The van der Waals surface area contributed by atoms with Crippen molar-refractivity contribution in [2.45, 2.75) is 13.3 Å². The number of rotatable bonds is 1. The first kappa shape index (κ1) is 8.26. The highest BCUT2D eigenvalue weighted by molar-refractivity contribution is 6.99. The van der Waals surface area contributed by atoms with Crippen LogP contribution < -0.4 is 4.90 Å². The van der Waals surface area contributed by atoms with Gasteiger partial charge in [0.1, 0.15) is 0 Å². The third-order valence-corrected chi connectivity index (χ3v) is 3.03. The molecule has 1 aromatic rings. The monoisotopic (exact) mass is 203 g/mol. The molecule has 0 N–H and O–H groups in total. The van der Waals surface area contributed by atoms with E-state index in [4.69, 9.17) is 11.6 Å². The Morgan fingerprint density at radius 1 is 1.58 bits per heavy atom. The minimum Gasteiger partial charge on any atom is -0.353 e. The third kappa shape index (κ3) is 1.41. The molecule has 0 saturated carbocycles. The molecular formula is C7H10ClN3S. The van der Waals surface area contributed by atoms with Gasteiger partial charge in [0, 0.05) is 13.1 Å². The Morgan fingerprint density at radius 3 is 2.92 bits per heavy atom. The summed E-state index contributed by atoms with van der Waals surface area (Å²) in [4.78, 5) is 2.20. The van der Waals surface area contributed by atoms with Crippen LogP contribution in [0.4, 0.5) is 5.82 Å². The predicted molar refractivity (Wildman–Crippen MR) is 50.9 cm³/mol. The topological polar surface area (TPSA) is 29.0 Å². The molecule has 0 radical (unpaired) electrons. The molecule has 1 unspecified atom stereocenters. The fraction of sp³-hybridized carbons (Fsp3) is 0.714. The Bertz CT molecular complexity index is 275. The van der Waals surface area contributed by atoms with E-state index >= 15 is 0 Å². The zero-order chi connectivity index (χ0) is 8.55. The van der Waals surface area contributed by atoms with Crippen molar-refractivity contribution in [3.05, 3.63) is 5.15 Å². The number of hydrogen-bond donors (Lipinski definition) is 0. The first-order valence-corrected chi connectivity index (χ1v) is 5.11. The fourth-order valence-corrected chi connectivity index (χ4v) is 2.27. The molecule has 1 aliphatic heterocycles. The van der Waals surface area contributed by atoms with Gasteiger partial charge in [0.05, 0.1) is 11.7 Å². The van der Waals surface area contributed by atoms with Gasteiger partial charge in [-0.05, 0) is 12.3 Å². The molecule has 66 valence electrons. The van der Waals surface area contributed by atoms with E-state index in [1.807, 2.05) is 0 Å². The van der Waals surface area contributed by atoms with Gasteiger partial charge in [0.15, 0.2) is 11.0 Å². The van der Waals surface area contributed by atoms with E-state index in [1.165, 1.54) is 18.1 Å². The molecule has 1 atom stereocenters. The van der Waals surface area contributed by atoms with E-state index in [-0.39, 0.29) is 0 Å². The lowest BCUT2D eigenvalue weighted by atomic mass is 10.2. The van der Waals surface area contributed by atoms with Crippen LogP contribution in [-0.2, 0) is 0 Å². The fourth-order valence-electron chi connectivity index (χ4n) is 1.49. The van der Waals surface area contributed by atoms with E-state index in [0.717, 1.165) is 24.8 Å². The lowest BCUT2D eigenvalue weighted by Gasteiger charge is -2.13. The molecule has 3 nitrogen and oxygen atoms in total. The highest BCUT2D eigenvalue weighted by atomic mass is 35.5. The largest absolute Gasteiger partial charge is 0.353 e. The van der Waals surface area contributed by atoms with E-state index in [1.54, 1.807) is 0 Å². The number of aromatic nitrogens is 2. The van der Waals surface area contributed by atoms with Crippen molar-refractivity contribution in [3.8, 4) is 0 Å². The van der Waals surface area contributed by atoms with E-state index in [0.29, 0.717) is 5.15 Å². The van der Waals surface area contributed by atoms with Gasteiger partial charge < -0.3 is 4.90 Å². The second kappa shape index (κ2) is 3.18. The smallest absolute Gasteiger partial charge is 0.187 e. The summed E-state index contributed by atoms with van der Waals surface area (Å²) >= 11 is 7.04. The van der Waals surface area contributed by atoms with Crippen molar-refractivity contribution >= 4 is 29.1 Å². The summed E-state index contributed by atoms with van der Waals surface area (Å²) < 4.78 is 8.10. The zero-order valence-corrected chi connectivity index (χ0v) is 8.40. The van der Waals surface area contributed by atoms with Crippen LogP contribution >= 0.6 is 23.3 Å². The van der Waals surface area contributed by atoms with Gasteiger partial charge in [-0.1, -0.05) is 18.5 Å². The summed E-state index contributed by atoms with van der Waals surface area (Å²) in [6.07, 6.45) is 1.23. The predicted octanol–water partition coefficient (Wildman–Crippen LogP) is 2.04. The van der Waals surface area contributed by atoms with E-state index in [2.05, 4.69) is 20.6 Å². The van der Waals surface area contributed by atoms with Gasteiger partial charge in [0.25, 0.3) is 0 Å². The Kier molecular flexibility index (Phi) is 2.19. The molecule has 1 aliphatic rings. The molecule has 0 aliphatic carbocycles. The van der Waals surface area contributed by atoms with Crippen molar-refractivity contribution in [1.82, 2.24) is 8.75 Å². The lowest BCUT2D eigenvalue weighted by molar-refractivity contribution is 0.659. The number of anilines is 1. The molecule has 5 heteroatoms. The van der Waals surface area contributed by atoms with Crippen molar-refractivity contribution < 1.29 is 0 Å². The summed E-state index contributed by atoms with van der Waals surface area (Å²) in [5.41, 5.74) is 0. The normalized spacial score (nSPS) is 23.5. The second-order valence-electron chi connectivity index (χ2n) is 3.22. The van der Waals surface area contributed by atoms with Gasteiger partial charge >= 0.3 is 0 Å². The van der Waals surface area contributed by atoms with Gasteiger partial charge in [0.2, 0.25) is 0 Å². The standard InChI is InChI=1S/C7H10ClN3S/c1-5-2-3-11(4-5)7-6(8)9-12-10-7/h5H,2-4H2,1H3. The zero-order valence-electron chi connectivity index (χ0n) is 6.83. The van der Waals surface area contributed by atoms with E-state index in [9.17, 15) is 0 Å². The van der Waals surface area contributed by atoms with Gasteiger partial charge in [-0.25, -0.2) is 0 Å². The minimum absolute atomic E-state index is 0.550. The van der Waals surface area contributed by atoms with Crippen molar-refractivity contribution in [2.24, 2.45) is 5.92 Å². The lowest BCUT2D eigenvalue weighted by Crippen LogP contribution is -2.19. The summed E-state index contributed by atoms with van der Waals surface area (Å²) in [5, 5.41) is 0.550. The SMILES string of the molecule is CC1CCN(c2nsnc2Cl)C1. The van der Waals surface area contributed by atoms with Crippen LogP contribution in [0.15, 0.2) is 0 Å². The van der Waals surface area contributed by atoms with Crippen LogP contribution in [0.25, 0.3) is 0 Å². The number of nitrogens with zero attached hydrogens (tertiary/aromatic N) is 3. The maximum absolute atomic E-state index is 5.86. The molecule has 2 rings (SSSR count). The molecule has 1 fully saturated rings. The molecule has 0 bridgehead atoms. The quantitative estimate of drug-likeness (QED) is 0.700. The summed E-state index contributed by atoms with van der Waals surface area (Å²) in [7, 11) is 0. The molecule has 0 spiro atoms. The van der Waals surface area contributed by atoms with Crippen LogP contribution in [0, 0.1) is 5.92 Å². The van der Waals surface area contributed by atoms with Crippen LogP contribution in [0.2, 0.25) is 5.15 Å². The maximum Gasteiger partial charge on any atom is 0.187 e. The third-order valence-electron chi connectivity index (χ3n) is 2.16. The molecule has 2 heterocycles. The molecule has 0 amide bonds. The molecule has 12 heavy (non-hydrogen) atoms. The summed E-state index contributed by atoms with van der Waals surface area (Å²) in [5.74, 6) is 1.62. The van der Waals surface area contributed by atoms with Crippen LogP contribution in [0.1, 0.15) is 13.3 Å². The first-order valence-electron chi connectivity index (χ1n) is 4.00. The highest BCUT2D eigenvalue weighted by Gasteiger charge is 2.22. The van der Waals surface area contributed by atoms with Crippen molar-refractivity contribution in [3.63, 3.8) is 0 Å². The summed E-state index contributed by atoms with van der Waals surface area (Å²) in [6.45, 7) is 4.37. The van der Waals surface area contributed by atoms with Crippen LogP contribution in [0.3, 0.4) is 0 Å². The minimum atomic E-state index is 0.550. The van der Waals surface area contributed by atoms with Crippen molar-refractivity contribution in [1.29, 1.82) is 0 Å². The van der Waals surface area contributed by atoms with Crippen LogP contribution in [0.5, 0.6) is 0 Å². The van der Waals surface area contributed by atoms with Crippen LogP contribution in [-0.4, -0.2) is 21.8 Å².